The van der Waals surface area contributed by atoms with E-state index in [4.69, 9.17) is 12.8 Å². The zero-order valence-electron chi connectivity index (χ0n) is 7.81. The zero-order valence-corrected chi connectivity index (χ0v) is 10.7. The van der Waals surface area contributed by atoms with Gasteiger partial charge >= 0.3 is 74.7 Å². The van der Waals surface area contributed by atoms with Gasteiger partial charge in [-0.1, -0.05) is 0 Å². The van der Waals surface area contributed by atoms with Crippen LogP contribution in [0.2, 0.25) is 7.87 Å². The Labute approximate surface area is 74.6 Å². The molecular weight excluding hydrogens is 239 g/mol. The van der Waals surface area contributed by atoms with Crippen LogP contribution in [0.4, 0.5) is 0 Å². The molecule has 0 aromatic heterocycles. The summed E-state index contributed by atoms with van der Waals surface area (Å²) in [5.74, 6) is 0. The predicted octanol–water partition coefficient (Wildman–Crippen LogP) is 2.60. The Hall–Kier alpha value is -0.0813. The van der Waals surface area contributed by atoms with Crippen molar-refractivity contribution >= 4 is 18.4 Å². The van der Waals surface area contributed by atoms with Crippen LogP contribution >= 0.6 is 0 Å². The summed E-state index contributed by atoms with van der Waals surface area (Å²) in [6, 6.07) is 0. The van der Waals surface area contributed by atoms with Gasteiger partial charge in [-0.3, -0.25) is 0 Å². The molecule has 0 N–H and O–H groups in total. The fourth-order valence-corrected chi connectivity index (χ4v) is 9.22. The summed E-state index contributed by atoms with van der Waals surface area (Å²) in [6.45, 7) is 8.65. The first kappa shape index (κ1) is 10.9. The van der Waals surface area contributed by atoms with Gasteiger partial charge in [0.1, 0.15) is 0 Å². The van der Waals surface area contributed by atoms with E-state index in [0.29, 0.717) is 7.87 Å². The molecular formula is C10H16Sn. The molecule has 60 valence electrons. The second-order valence-electron chi connectivity index (χ2n) is 3.47. The van der Waals surface area contributed by atoms with Gasteiger partial charge in [0.2, 0.25) is 0 Å². The third kappa shape index (κ3) is 1.94. The van der Waals surface area contributed by atoms with Gasteiger partial charge in [0.05, 0.1) is 0 Å². The number of terminal acetylenes is 2. The van der Waals surface area contributed by atoms with Gasteiger partial charge in [0.25, 0.3) is 0 Å². The zero-order chi connectivity index (χ0) is 9.07. The summed E-state index contributed by atoms with van der Waals surface area (Å²) >= 11 is -2.60. The Morgan fingerprint density at radius 1 is 0.909 bits per heavy atom. The molecule has 0 saturated heterocycles. The molecule has 0 fully saturated rings. The van der Waals surface area contributed by atoms with Crippen LogP contribution in [0.1, 0.15) is 27.7 Å². The van der Waals surface area contributed by atoms with Crippen LogP contribution in [0.5, 0.6) is 0 Å². The van der Waals surface area contributed by atoms with Crippen LogP contribution in [0.3, 0.4) is 0 Å². The molecule has 0 aromatic carbocycles. The number of hydrogen-bond acceptors (Lipinski definition) is 0. The quantitative estimate of drug-likeness (QED) is 0.525. The van der Waals surface area contributed by atoms with E-state index in [-0.39, 0.29) is 0 Å². The fraction of sp³-hybridized carbons (Fsp3) is 0.600. The molecule has 1 heteroatoms. The van der Waals surface area contributed by atoms with Crippen LogP contribution in [-0.4, -0.2) is 18.4 Å². The molecule has 0 aromatic rings. The van der Waals surface area contributed by atoms with Crippen molar-refractivity contribution in [1.82, 2.24) is 0 Å². The molecule has 0 aliphatic heterocycles. The summed E-state index contributed by atoms with van der Waals surface area (Å²) in [5.41, 5.74) is 0. The van der Waals surface area contributed by atoms with Gasteiger partial charge in [-0.15, -0.1) is 0 Å². The van der Waals surface area contributed by atoms with Crippen molar-refractivity contribution in [2.24, 2.45) is 0 Å². The normalized spacial score (nSPS) is 11.3. The van der Waals surface area contributed by atoms with Crippen LogP contribution in [-0.2, 0) is 0 Å². The second-order valence-corrected chi connectivity index (χ2v) is 16.7. The maximum atomic E-state index is 5.52. The minimum atomic E-state index is -2.60. The van der Waals surface area contributed by atoms with Crippen molar-refractivity contribution in [3.05, 3.63) is 0 Å². The monoisotopic (exact) mass is 256 g/mol. The first-order valence-electron chi connectivity index (χ1n) is 3.96. The Morgan fingerprint density at radius 3 is 1.18 bits per heavy atom. The first-order valence-corrected chi connectivity index (χ1v) is 10.1. The van der Waals surface area contributed by atoms with Gasteiger partial charge in [0, 0.05) is 0 Å². The van der Waals surface area contributed by atoms with E-state index in [1.807, 2.05) is 0 Å². The Kier molecular flexibility index (Phi) is 4.04. The van der Waals surface area contributed by atoms with Crippen LogP contribution < -0.4 is 0 Å². The van der Waals surface area contributed by atoms with Crippen molar-refractivity contribution < 1.29 is 0 Å². The van der Waals surface area contributed by atoms with E-state index < -0.39 is 18.4 Å². The van der Waals surface area contributed by atoms with Crippen molar-refractivity contribution in [3.63, 3.8) is 0 Å². The molecule has 0 aliphatic rings. The standard InChI is InChI=1S/2C3H7.2C2H.Sn/c2*1-3-2;2*1-2;/h2*3H,1-2H3;2*1H;. The summed E-state index contributed by atoms with van der Waals surface area (Å²) < 4.78 is 6.99. The Morgan fingerprint density at radius 2 is 1.18 bits per heavy atom. The van der Waals surface area contributed by atoms with E-state index >= 15 is 0 Å². The first-order chi connectivity index (χ1) is 5.01. The van der Waals surface area contributed by atoms with Gasteiger partial charge in [-0.2, -0.15) is 0 Å². The molecule has 0 bridgehead atoms. The molecule has 0 atom stereocenters. The van der Waals surface area contributed by atoms with Gasteiger partial charge in [0.15, 0.2) is 0 Å². The molecule has 11 heavy (non-hydrogen) atoms. The second kappa shape index (κ2) is 4.07. The average molecular weight is 255 g/mol. The molecule has 0 unspecified atom stereocenters. The van der Waals surface area contributed by atoms with Gasteiger partial charge in [-0.05, 0) is 0 Å². The molecule has 0 nitrogen and oxygen atoms in total. The third-order valence-electron chi connectivity index (χ3n) is 2.30. The molecule has 0 saturated carbocycles. The molecule has 0 aliphatic carbocycles. The van der Waals surface area contributed by atoms with Crippen molar-refractivity contribution in [3.8, 4) is 20.7 Å². The molecule has 0 amide bonds. The topological polar surface area (TPSA) is 0 Å². The number of hydrogen-bond donors (Lipinski definition) is 0. The van der Waals surface area contributed by atoms with Crippen molar-refractivity contribution in [2.45, 2.75) is 35.6 Å². The summed E-state index contributed by atoms with van der Waals surface area (Å²) in [6.07, 6.45) is 11.0. The minimum absolute atomic E-state index is 0.555. The molecule has 0 spiro atoms. The van der Waals surface area contributed by atoms with Crippen molar-refractivity contribution in [2.75, 3.05) is 0 Å². The van der Waals surface area contributed by atoms with Gasteiger partial charge < -0.3 is 0 Å². The molecule has 0 radical (unpaired) electrons. The summed E-state index contributed by atoms with van der Waals surface area (Å²) in [7, 11) is 0. The number of rotatable bonds is 2. The van der Waals surface area contributed by atoms with Crippen LogP contribution in [0.25, 0.3) is 0 Å². The van der Waals surface area contributed by atoms with Crippen LogP contribution in [0.15, 0.2) is 0 Å². The average Bonchev–Trinajstić information content (AvgIpc) is 1.90. The van der Waals surface area contributed by atoms with Gasteiger partial charge in [-0.25, -0.2) is 0 Å². The summed E-state index contributed by atoms with van der Waals surface area (Å²) in [4.78, 5) is 0. The van der Waals surface area contributed by atoms with E-state index in [1.165, 1.54) is 0 Å². The Bertz CT molecular complexity index is 176. The predicted molar refractivity (Wildman–Crippen MR) is 53.6 cm³/mol. The fourth-order valence-electron chi connectivity index (χ4n) is 1.38. The molecule has 0 rings (SSSR count). The summed E-state index contributed by atoms with van der Waals surface area (Å²) in [5, 5.41) is 0. The van der Waals surface area contributed by atoms with Crippen molar-refractivity contribution in [1.29, 1.82) is 0 Å². The van der Waals surface area contributed by atoms with E-state index in [2.05, 4.69) is 35.6 Å². The van der Waals surface area contributed by atoms with E-state index in [1.54, 1.807) is 0 Å². The Balaban J connectivity index is 4.85. The van der Waals surface area contributed by atoms with Crippen LogP contribution in [0, 0.1) is 20.7 Å². The molecule has 0 heterocycles. The maximum absolute atomic E-state index is 5.52. The van der Waals surface area contributed by atoms with E-state index in [0.717, 1.165) is 0 Å². The van der Waals surface area contributed by atoms with E-state index in [9.17, 15) is 0 Å². The third-order valence-corrected chi connectivity index (χ3v) is 15.4. The SMILES string of the molecule is C#[C][Sn]([C]#C)([CH](C)C)[CH](C)C.